The lowest BCUT2D eigenvalue weighted by Crippen LogP contribution is -2.20. The summed E-state index contributed by atoms with van der Waals surface area (Å²) in [5, 5.41) is 0. The highest BCUT2D eigenvalue weighted by molar-refractivity contribution is 5.87. The maximum Gasteiger partial charge on any atom is 0.333 e. The van der Waals surface area contributed by atoms with E-state index in [1.807, 2.05) is 32.8 Å². The molecule has 0 aromatic rings. The zero-order valence-corrected chi connectivity index (χ0v) is 10.9. The van der Waals surface area contributed by atoms with E-state index in [2.05, 4.69) is 12.7 Å². The molecule has 3 heteroatoms. The molecule has 0 radical (unpaired) electrons. The maximum absolute atomic E-state index is 11.4. The van der Waals surface area contributed by atoms with Crippen LogP contribution in [0.15, 0.2) is 23.8 Å². The van der Waals surface area contributed by atoms with Gasteiger partial charge in [-0.15, -0.1) is 0 Å². The first-order chi connectivity index (χ1) is 7.43. The molecular weight excluding hydrogens is 202 g/mol. The van der Waals surface area contributed by atoms with Gasteiger partial charge in [-0.1, -0.05) is 18.2 Å². The van der Waals surface area contributed by atoms with Crippen LogP contribution in [-0.4, -0.2) is 38.1 Å². The number of hydrogen-bond donors (Lipinski definition) is 0. The van der Waals surface area contributed by atoms with E-state index in [1.165, 1.54) is 5.57 Å². The fourth-order valence-electron chi connectivity index (χ4n) is 1.06. The number of esters is 1. The SMILES string of the molecule is C=C(CCC=C(C)C)C(=O)OCCN(C)C. The summed E-state index contributed by atoms with van der Waals surface area (Å²) in [6.45, 7) is 8.98. The number of carbonyl (C=O) groups excluding carboxylic acids is 1. The molecule has 0 aromatic heterocycles. The largest absolute Gasteiger partial charge is 0.461 e. The molecule has 0 rings (SSSR count). The van der Waals surface area contributed by atoms with Crippen molar-refractivity contribution in [3.8, 4) is 0 Å². The Labute approximate surface area is 98.8 Å². The summed E-state index contributed by atoms with van der Waals surface area (Å²) in [6, 6.07) is 0. The molecule has 0 saturated heterocycles. The van der Waals surface area contributed by atoms with Gasteiger partial charge < -0.3 is 9.64 Å². The van der Waals surface area contributed by atoms with E-state index in [1.54, 1.807) is 0 Å². The lowest BCUT2D eigenvalue weighted by atomic mass is 10.1. The minimum Gasteiger partial charge on any atom is -0.461 e. The van der Waals surface area contributed by atoms with Crippen LogP contribution in [0.25, 0.3) is 0 Å². The first-order valence-electron chi connectivity index (χ1n) is 5.56. The third-order valence-corrected chi connectivity index (χ3v) is 2.06. The highest BCUT2D eigenvalue weighted by Crippen LogP contribution is 2.07. The Morgan fingerprint density at radius 3 is 2.50 bits per heavy atom. The molecule has 0 unspecified atom stereocenters. The van der Waals surface area contributed by atoms with Crippen LogP contribution >= 0.6 is 0 Å². The Balaban J connectivity index is 3.74. The van der Waals surface area contributed by atoms with Crippen molar-refractivity contribution in [2.45, 2.75) is 26.7 Å². The zero-order valence-electron chi connectivity index (χ0n) is 10.9. The van der Waals surface area contributed by atoms with Gasteiger partial charge in [-0.05, 0) is 40.8 Å². The van der Waals surface area contributed by atoms with Crippen LogP contribution in [0.5, 0.6) is 0 Å². The summed E-state index contributed by atoms with van der Waals surface area (Å²) in [7, 11) is 3.88. The maximum atomic E-state index is 11.4. The summed E-state index contributed by atoms with van der Waals surface area (Å²) < 4.78 is 5.07. The molecule has 0 fully saturated rings. The van der Waals surface area contributed by atoms with Crippen molar-refractivity contribution in [2.24, 2.45) is 0 Å². The summed E-state index contributed by atoms with van der Waals surface area (Å²) >= 11 is 0. The van der Waals surface area contributed by atoms with Gasteiger partial charge in [0.25, 0.3) is 0 Å². The second-order valence-electron chi connectivity index (χ2n) is 4.36. The van der Waals surface area contributed by atoms with E-state index in [-0.39, 0.29) is 5.97 Å². The van der Waals surface area contributed by atoms with E-state index < -0.39 is 0 Å². The normalized spacial score (nSPS) is 10.1. The van der Waals surface area contributed by atoms with Gasteiger partial charge in [-0.3, -0.25) is 0 Å². The molecule has 0 aliphatic rings. The summed E-state index contributed by atoms with van der Waals surface area (Å²) in [5.41, 5.74) is 1.81. The highest BCUT2D eigenvalue weighted by Gasteiger charge is 2.07. The average molecular weight is 225 g/mol. The predicted molar refractivity (Wildman–Crippen MR) is 67.3 cm³/mol. The van der Waals surface area contributed by atoms with Gasteiger partial charge in [0.1, 0.15) is 6.61 Å². The molecule has 0 amide bonds. The minimum atomic E-state index is -0.274. The molecule has 0 heterocycles. The van der Waals surface area contributed by atoms with Crippen molar-refractivity contribution in [1.29, 1.82) is 0 Å². The predicted octanol–water partition coefficient (Wildman–Crippen LogP) is 2.39. The summed E-state index contributed by atoms with van der Waals surface area (Å²) in [4.78, 5) is 13.4. The van der Waals surface area contributed by atoms with Crippen molar-refractivity contribution in [3.63, 3.8) is 0 Å². The van der Waals surface area contributed by atoms with Gasteiger partial charge in [-0.25, -0.2) is 4.79 Å². The first-order valence-corrected chi connectivity index (χ1v) is 5.56. The van der Waals surface area contributed by atoms with Crippen molar-refractivity contribution < 1.29 is 9.53 Å². The Hall–Kier alpha value is -1.09. The quantitative estimate of drug-likeness (QED) is 0.378. The number of nitrogens with zero attached hydrogens (tertiary/aromatic N) is 1. The highest BCUT2D eigenvalue weighted by atomic mass is 16.5. The van der Waals surface area contributed by atoms with E-state index in [9.17, 15) is 4.79 Å². The van der Waals surface area contributed by atoms with Crippen molar-refractivity contribution in [2.75, 3.05) is 27.2 Å². The first kappa shape index (κ1) is 14.9. The Bertz CT molecular complexity index is 263. The van der Waals surface area contributed by atoms with Crippen molar-refractivity contribution in [3.05, 3.63) is 23.8 Å². The van der Waals surface area contributed by atoms with Crippen molar-refractivity contribution >= 4 is 5.97 Å². The Morgan fingerprint density at radius 1 is 1.38 bits per heavy atom. The molecule has 16 heavy (non-hydrogen) atoms. The van der Waals surface area contributed by atoms with Gasteiger partial charge in [0.15, 0.2) is 0 Å². The molecule has 0 spiro atoms. The number of carbonyl (C=O) groups is 1. The van der Waals surface area contributed by atoms with E-state index in [0.29, 0.717) is 18.6 Å². The average Bonchev–Trinajstić information content (AvgIpc) is 2.16. The summed E-state index contributed by atoms with van der Waals surface area (Å²) in [5.74, 6) is -0.274. The third-order valence-electron chi connectivity index (χ3n) is 2.06. The van der Waals surface area contributed by atoms with Crippen LogP contribution in [-0.2, 0) is 9.53 Å². The van der Waals surface area contributed by atoms with Gasteiger partial charge in [0, 0.05) is 12.1 Å². The van der Waals surface area contributed by atoms with Crippen LogP contribution in [0.3, 0.4) is 0 Å². The standard InChI is InChI=1S/C13H23NO2/c1-11(2)7-6-8-12(3)13(15)16-10-9-14(4)5/h7H,3,6,8-10H2,1-2,4-5H3. The number of likely N-dealkylation sites (N-methyl/N-ethyl adjacent to an activating group) is 1. The van der Waals surface area contributed by atoms with Gasteiger partial charge in [0.2, 0.25) is 0 Å². The lowest BCUT2D eigenvalue weighted by molar-refractivity contribution is -0.139. The monoisotopic (exact) mass is 225 g/mol. The third kappa shape index (κ3) is 8.24. The van der Waals surface area contributed by atoms with Crippen LogP contribution in [0.4, 0.5) is 0 Å². The van der Waals surface area contributed by atoms with Gasteiger partial charge in [0.05, 0.1) is 0 Å². The second kappa shape index (κ2) is 8.11. The fourth-order valence-corrected chi connectivity index (χ4v) is 1.06. The molecule has 92 valence electrons. The molecule has 0 aliphatic carbocycles. The molecule has 0 bridgehead atoms. The van der Waals surface area contributed by atoms with E-state index in [0.717, 1.165) is 13.0 Å². The molecule has 0 atom stereocenters. The van der Waals surface area contributed by atoms with Crippen LogP contribution in [0.1, 0.15) is 26.7 Å². The molecule has 0 aliphatic heterocycles. The van der Waals surface area contributed by atoms with Crippen LogP contribution < -0.4 is 0 Å². The molecule has 0 aromatic carbocycles. The number of allylic oxidation sites excluding steroid dienone is 2. The zero-order chi connectivity index (χ0) is 12.6. The van der Waals surface area contributed by atoms with E-state index in [4.69, 9.17) is 4.74 Å². The van der Waals surface area contributed by atoms with Gasteiger partial charge in [-0.2, -0.15) is 0 Å². The minimum absolute atomic E-state index is 0.274. The number of ether oxygens (including phenoxy) is 1. The second-order valence-corrected chi connectivity index (χ2v) is 4.36. The molecular formula is C13H23NO2. The molecule has 0 saturated carbocycles. The van der Waals surface area contributed by atoms with Crippen LogP contribution in [0.2, 0.25) is 0 Å². The number of hydrogen-bond acceptors (Lipinski definition) is 3. The lowest BCUT2D eigenvalue weighted by Gasteiger charge is -2.10. The molecule has 0 N–H and O–H groups in total. The Kier molecular flexibility index (Phi) is 7.56. The van der Waals surface area contributed by atoms with Crippen molar-refractivity contribution in [1.82, 2.24) is 4.90 Å². The smallest absolute Gasteiger partial charge is 0.333 e. The topological polar surface area (TPSA) is 29.5 Å². The Morgan fingerprint density at radius 2 is 2.00 bits per heavy atom. The molecule has 3 nitrogen and oxygen atoms in total. The van der Waals surface area contributed by atoms with E-state index >= 15 is 0 Å². The fraction of sp³-hybridized carbons (Fsp3) is 0.615. The number of rotatable bonds is 7. The van der Waals surface area contributed by atoms with Crippen LogP contribution in [0, 0.1) is 0 Å². The summed E-state index contributed by atoms with van der Waals surface area (Å²) in [6.07, 6.45) is 3.62. The van der Waals surface area contributed by atoms with Gasteiger partial charge >= 0.3 is 5.97 Å².